The second kappa shape index (κ2) is 6.57. The van der Waals surface area contributed by atoms with Gasteiger partial charge < -0.3 is 9.72 Å². The number of aromatic nitrogens is 2. The Balaban J connectivity index is 2.22. The SMILES string of the molecule is COc1c(F)cc(CSc2nc(C(F)(F)F)cc(=O)[nH]2)cc1F. The van der Waals surface area contributed by atoms with Crippen LogP contribution in [0.15, 0.2) is 28.2 Å². The average Bonchev–Trinajstić information content (AvgIpc) is 2.43. The molecular formula is C13H9F5N2O2S. The summed E-state index contributed by atoms with van der Waals surface area (Å²) in [6.45, 7) is 0. The number of aromatic amines is 1. The van der Waals surface area contributed by atoms with Crippen LogP contribution in [0.25, 0.3) is 0 Å². The van der Waals surface area contributed by atoms with Gasteiger partial charge in [-0.2, -0.15) is 13.2 Å². The van der Waals surface area contributed by atoms with Crippen LogP contribution >= 0.6 is 11.8 Å². The van der Waals surface area contributed by atoms with Crippen molar-refractivity contribution in [3.05, 3.63) is 51.4 Å². The maximum atomic E-state index is 13.5. The van der Waals surface area contributed by atoms with Gasteiger partial charge in [0, 0.05) is 11.8 Å². The van der Waals surface area contributed by atoms with E-state index in [4.69, 9.17) is 0 Å². The van der Waals surface area contributed by atoms with Crippen molar-refractivity contribution in [2.75, 3.05) is 7.11 Å². The summed E-state index contributed by atoms with van der Waals surface area (Å²) >= 11 is 0.708. The van der Waals surface area contributed by atoms with Gasteiger partial charge in [0.15, 0.2) is 28.2 Å². The molecule has 4 nitrogen and oxygen atoms in total. The van der Waals surface area contributed by atoms with E-state index in [1.165, 1.54) is 0 Å². The van der Waals surface area contributed by atoms with Crippen LogP contribution in [0, 0.1) is 11.6 Å². The van der Waals surface area contributed by atoms with Crippen LogP contribution < -0.4 is 10.3 Å². The lowest BCUT2D eigenvalue weighted by atomic mass is 10.2. The van der Waals surface area contributed by atoms with E-state index in [1.807, 2.05) is 0 Å². The van der Waals surface area contributed by atoms with Crippen molar-refractivity contribution in [2.45, 2.75) is 17.1 Å². The molecule has 10 heteroatoms. The highest BCUT2D eigenvalue weighted by molar-refractivity contribution is 7.98. The number of hydrogen-bond donors (Lipinski definition) is 1. The molecule has 2 rings (SSSR count). The Morgan fingerprint density at radius 3 is 2.35 bits per heavy atom. The van der Waals surface area contributed by atoms with Gasteiger partial charge in [-0.25, -0.2) is 13.8 Å². The van der Waals surface area contributed by atoms with Crippen LogP contribution in [0.5, 0.6) is 5.75 Å². The standard InChI is InChI=1S/C13H9F5N2O2S/c1-22-11-7(14)2-6(3-8(11)15)5-23-12-19-9(13(16,17)18)4-10(21)20-12/h2-4H,5H2,1H3,(H,19,20,21). The molecule has 0 aliphatic carbocycles. The number of rotatable bonds is 4. The number of nitrogens with zero attached hydrogens (tertiary/aromatic N) is 1. The second-order valence-electron chi connectivity index (χ2n) is 4.31. The van der Waals surface area contributed by atoms with Gasteiger partial charge in [0.25, 0.3) is 5.56 Å². The lowest BCUT2D eigenvalue weighted by molar-refractivity contribution is -0.141. The minimum Gasteiger partial charge on any atom is -0.491 e. The molecule has 0 saturated heterocycles. The molecule has 124 valence electrons. The molecule has 0 amide bonds. The Kier molecular flexibility index (Phi) is 4.93. The minimum atomic E-state index is -4.76. The third-order valence-corrected chi connectivity index (χ3v) is 3.59. The Morgan fingerprint density at radius 2 is 1.83 bits per heavy atom. The van der Waals surface area contributed by atoms with Gasteiger partial charge >= 0.3 is 6.18 Å². The Morgan fingerprint density at radius 1 is 1.22 bits per heavy atom. The lowest BCUT2D eigenvalue weighted by Gasteiger charge is -2.08. The zero-order valence-corrected chi connectivity index (χ0v) is 12.3. The first kappa shape index (κ1) is 17.3. The molecule has 0 fully saturated rings. The number of hydrogen-bond acceptors (Lipinski definition) is 4. The Hall–Kier alpha value is -2.10. The van der Waals surface area contributed by atoms with E-state index in [0.29, 0.717) is 17.8 Å². The Bertz CT molecular complexity index is 753. The summed E-state index contributed by atoms with van der Waals surface area (Å²) < 4.78 is 69.3. The first-order valence-corrected chi connectivity index (χ1v) is 7.02. The molecule has 0 unspecified atom stereocenters. The van der Waals surface area contributed by atoms with Crippen LogP contribution in [0.3, 0.4) is 0 Å². The molecule has 1 aromatic heterocycles. The lowest BCUT2D eigenvalue weighted by Crippen LogP contribution is -2.16. The van der Waals surface area contributed by atoms with Gasteiger partial charge in [0.05, 0.1) is 7.11 Å². The monoisotopic (exact) mass is 352 g/mol. The number of H-pyrrole nitrogens is 1. The fourth-order valence-corrected chi connectivity index (χ4v) is 2.50. The molecule has 0 radical (unpaired) electrons. The molecule has 23 heavy (non-hydrogen) atoms. The normalized spacial score (nSPS) is 11.6. The highest BCUT2D eigenvalue weighted by Crippen LogP contribution is 2.29. The minimum absolute atomic E-state index is 0.0952. The number of benzene rings is 1. The zero-order valence-electron chi connectivity index (χ0n) is 11.5. The fraction of sp³-hybridized carbons (Fsp3) is 0.231. The number of ether oxygens (including phenoxy) is 1. The van der Waals surface area contributed by atoms with Gasteiger partial charge in [-0.15, -0.1) is 0 Å². The van der Waals surface area contributed by atoms with Gasteiger partial charge in [-0.1, -0.05) is 11.8 Å². The van der Waals surface area contributed by atoms with Crippen molar-refractivity contribution >= 4 is 11.8 Å². The van der Waals surface area contributed by atoms with Gasteiger partial charge in [-0.3, -0.25) is 4.79 Å². The smallest absolute Gasteiger partial charge is 0.433 e. The summed E-state index contributed by atoms with van der Waals surface area (Å²) in [6.07, 6.45) is -4.76. The van der Waals surface area contributed by atoms with E-state index in [1.54, 1.807) is 0 Å². The van der Waals surface area contributed by atoms with E-state index in [-0.39, 0.29) is 16.5 Å². The summed E-state index contributed by atoms with van der Waals surface area (Å²) in [5, 5.41) is -0.304. The highest BCUT2D eigenvalue weighted by Gasteiger charge is 2.33. The molecule has 0 aliphatic heterocycles. The molecule has 1 N–H and O–H groups in total. The van der Waals surface area contributed by atoms with E-state index >= 15 is 0 Å². The number of alkyl halides is 3. The van der Waals surface area contributed by atoms with Crippen LogP contribution in [0.4, 0.5) is 22.0 Å². The van der Waals surface area contributed by atoms with Crippen molar-refractivity contribution in [2.24, 2.45) is 0 Å². The molecular weight excluding hydrogens is 343 g/mol. The van der Waals surface area contributed by atoms with Crippen molar-refractivity contribution in [1.29, 1.82) is 0 Å². The molecule has 0 spiro atoms. The number of thioether (sulfide) groups is 1. The maximum Gasteiger partial charge on any atom is 0.433 e. The molecule has 0 saturated carbocycles. The van der Waals surface area contributed by atoms with Gasteiger partial charge in [-0.05, 0) is 17.7 Å². The summed E-state index contributed by atoms with van der Waals surface area (Å²) in [7, 11) is 1.10. The van der Waals surface area contributed by atoms with E-state index in [9.17, 15) is 26.7 Å². The van der Waals surface area contributed by atoms with Gasteiger partial charge in [0.2, 0.25) is 0 Å². The number of halogens is 5. The van der Waals surface area contributed by atoms with Crippen LogP contribution in [-0.2, 0) is 11.9 Å². The summed E-state index contributed by atoms with van der Waals surface area (Å²) in [6, 6.07) is 2.30. The fourth-order valence-electron chi connectivity index (χ4n) is 1.69. The summed E-state index contributed by atoms with van der Waals surface area (Å²) in [5.41, 5.74) is -2.15. The predicted molar refractivity (Wildman–Crippen MR) is 72.3 cm³/mol. The van der Waals surface area contributed by atoms with Gasteiger partial charge in [0.1, 0.15) is 0 Å². The van der Waals surface area contributed by atoms with Crippen molar-refractivity contribution in [3.8, 4) is 5.75 Å². The number of nitrogens with one attached hydrogen (secondary N) is 1. The first-order chi connectivity index (χ1) is 10.7. The van der Waals surface area contributed by atoms with Crippen molar-refractivity contribution < 1.29 is 26.7 Å². The zero-order chi connectivity index (χ0) is 17.2. The number of methoxy groups -OCH3 is 1. The van der Waals surface area contributed by atoms with Crippen LogP contribution in [0.2, 0.25) is 0 Å². The van der Waals surface area contributed by atoms with E-state index in [0.717, 1.165) is 19.2 Å². The molecule has 0 bridgehead atoms. The summed E-state index contributed by atoms with van der Waals surface area (Å²) in [4.78, 5) is 16.6. The highest BCUT2D eigenvalue weighted by atomic mass is 32.2. The summed E-state index contributed by atoms with van der Waals surface area (Å²) in [5.74, 6) is -2.52. The molecule has 0 atom stereocenters. The molecule has 0 aliphatic rings. The Labute approximate surface area is 130 Å². The van der Waals surface area contributed by atoms with E-state index in [2.05, 4.69) is 14.7 Å². The van der Waals surface area contributed by atoms with Crippen LogP contribution in [-0.4, -0.2) is 17.1 Å². The largest absolute Gasteiger partial charge is 0.491 e. The average molecular weight is 352 g/mol. The van der Waals surface area contributed by atoms with E-state index < -0.39 is 34.8 Å². The molecule has 1 aromatic carbocycles. The van der Waals surface area contributed by atoms with Crippen LogP contribution in [0.1, 0.15) is 11.3 Å². The molecule has 1 heterocycles. The first-order valence-electron chi connectivity index (χ1n) is 6.04. The third kappa shape index (κ3) is 4.21. The maximum absolute atomic E-state index is 13.5. The topological polar surface area (TPSA) is 55.0 Å². The molecule has 2 aromatic rings. The predicted octanol–water partition coefficient (Wildman–Crippen LogP) is 3.37. The van der Waals surface area contributed by atoms with Crippen molar-refractivity contribution in [3.63, 3.8) is 0 Å². The quantitative estimate of drug-likeness (QED) is 0.521. The van der Waals surface area contributed by atoms with Crippen molar-refractivity contribution in [1.82, 2.24) is 9.97 Å². The third-order valence-electron chi connectivity index (χ3n) is 2.65. The second-order valence-corrected chi connectivity index (χ2v) is 5.28.